The first-order valence-corrected chi connectivity index (χ1v) is 4.64. The lowest BCUT2D eigenvalue weighted by Gasteiger charge is -2.31. The topological polar surface area (TPSA) is 32.3 Å². The van der Waals surface area contributed by atoms with Crippen LogP contribution in [0.5, 0.6) is 0 Å². The molecule has 1 fully saturated rings. The first-order chi connectivity index (χ1) is 5.74. The standard InChI is InChI=1S/C9H18N2O/c1-8(12)11-5-3-4-9(7-11)6-10-2/h9-10H,3-7H2,1-2H3/t9-/m1/s1. The van der Waals surface area contributed by atoms with Crippen LogP contribution in [0, 0.1) is 5.92 Å². The molecule has 0 unspecified atom stereocenters. The SMILES string of the molecule is CNC[C@H]1CCCN(C(C)=O)C1. The van der Waals surface area contributed by atoms with Gasteiger partial charge in [0.1, 0.15) is 0 Å². The van der Waals surface area contributed by atoms with E-state index in [1.165, 1.54) is 6.42 Å². The molecule has 1 atom stereocenters. The molecule has 1 saturated heterocycles. The first kappa shape index (κ1) is 9.52. The van der Waals surface area contributed by atoms with Crippen molar-refractivity contribution in [3.05, 3.63) is 0 Å². The van der Waals surface area contributed by atoms with Crippen LogP contribution in [0.2, 0.25) is 0 Å². The van der Waals surface area contributed by atoms with Crippen LogP contribution in [0.1, 0.15) is 19.8 Å². The highest BCUT2D eigenvalue weighted by molar-refractivity contribution is 5.73. The average molecular weight is 170 g/mol. The Kier molecular flexibility index (Phi) is 3.53. The Labute approximate surface area is 74.1 Å². The minimum atomic E-state index is 0.218. The van der Waals surface area contributed by atoms with Crippen LogP contribution >= 0.6 is 0 Å². The van der Waals surface area contributed by atoms with Crippen molar-refractivity contribution in [3.63, 3.8) is 0 Å². The Balaban J connectivity index is 2.35. The van der Waals surface area contributed by atoms with E-state index in [2.05, 4.69) is 5.32 Å². The van der Waals surface area contributed by atoms with Crippen molar-refractivity contribution in [1.82, 2.24) is 10.2 Å². The fourth-order valence-corrected chi connectivity index (χ4v) is 1.81. The van der Waals surface area contributed by atoms with Gasteiger partial charge in [0.25, 0.3) is 0 Å². The van der Waals surface area contributed by atoms with Gasteiger partial charge in [-0.2, -0.15) is 0 Å². The Morgan fingerprint density at radius 1 is 1.67 bits per heavy atom. The van der Waals surface area contributed by atoms with E-state index in [9.17, 15) is 4.79 Å². The zero-order chi connectivity index (χ0) is 8.97. The van der Waals surface area contributed by atoms with E-state index < -0.39 is 0 Å². The van der Waals surface area contributed by atoms with Gasteiger partial charge in [-0.25, -0.2) is 0 Å². The molecule has 1 aliphatic heterocycles. The number of carbonyl (C=O) groups excluding carboxylic acids is 1. The Morgan fingerprint density at radius 3 is 3.00 bits per heavy atom. The molecule has 0 spiro atoms. The predicted octanol–water partition coefficient (Wildman–Crippen LogP) is 0.464. The first-order valence-electron chi connectivity index (χ1n) is 4.64. The lowest BCUT2D eigenvalue weighted by Crippen LogP contribution is -2.41. The molecular weight excluding hydrogens is 152 g/mol. The van der Waals surface area contributed by atoms with Gasteiger partial charge in [0, 0.05) is 20.0 Å². The van der Waals surface area contributed by atoms with Gasteiger partial charge in [-0.3, -0.25) is 4.79 Å². The number of hydrogen-bond donors (Lipinski definition) is 1. The van der Waals surface area contributed by atoms with Crippen LogP contribution in [-0.2, 0) is 4.79 Å². The molecule has 1 N–H and O–H groups in total. The molecule has 3 nitrogen and oxygen atoms in total. The van der Waals surface area contributed by atoms with Gasteiger partial charge in [0.2, 0.25) is 5.91 Å². The molecule has 12 heavy (non-hydrogen) atoms. The third-order valence-electron chi connectivity index (χ3n) is 2.46. The second-order valence-electron chi connectivity index (χ2n) is 3.53. The number of rotatable bonds is 2. The maximum absolute atomic E-state index is 11.1. The van der Waals surface area contributed by atoms with Crippen LogP contribution in [0.3, 0.4) is 0 Å². The normalized spacial score (nSPS) is 24.2. The highest BCUT2D eigenvalue weighted by atomic mass is 16.2. The largest absolute Gasteiger partial charge is 0.343 e. The van der Waals surface area contributed by atoms with Crippen LogP contribution in [-0.4, -0.2) is 37.5 Å². The van der Waals surface area contributed by atoms with Gasteiger partial charge in [-0.05, 0) is 32.4 Å². The summed E-state index contributed by atoms with van der Waals surface area (Å²) in [6, 6.07) is 0. The Bertz CT molecular complexity index is 157. The van der Waals surface area contributed by atoms with Crippen molar-refractivity contribution in [1.29, 1.82) is 0 Å². The number of nitrogens with zero attached hydrogens (tertiary/aromatic N) is 1. The molecular formula is C9H18N2O. The molecule has 1 aliphatic rings. The third kappa shape index (κ3) is 2.48. The minimum absolute atomic E-state index is 0.218. The van der Waals surface area contributed by atoms with E-state index >= 15 is 0 Å². The summed E-state index contributed by atoms with van der Waals surface area (Å²) in [5.41, 5.74) is 0. The van der Waals surface area contributed by atoms with Gasteiger partial charge in [-0.1, -0.05) is 0 Å². The van der Waals surface area contributed by atoms with E-state index in [4.69, 9.17) is 0 Å². The maximum Gasteiger partial charge on any atom is 0.219 e. The number of likely N-dealkylation sites (tertiary alicyclic amines) is 1. The van der Waals surface area contributed by atoms with Gasteiger partial charge < -0.3 is 10.2 Å². The summed E-state index contributed by atoms with van der Waals surface area (Å²) in [5.74, 6) is 0.878. The zero-order valence-corrected chi connectivity index (χ0v) is 7.97. The summed E-state index contributed by atoms with van der Waals surface area (Å²) in [5, 5.41) is 3.16. The van der Waals surface area contributed by atoms with Gasteiger partial charge >= 0.3 is 0 Å². The Morgan fingerprint density at radius 2 is 2.42 bits per heavy atom. The van der Waals surface area contributed by atoms with Crippen molar-refractivity contribution in [2.24, 2.45) is 5.92 Å². The minimum Gasteiger partial charge on any atom is -0.343 e. The predicted molar refractivity (Wildman–Crippen MR) is 48.9 cm³/mol. The molecule has 0 aromatic carbocycles. The van der Waals surface area contributed by atoms with Crippen LogP contribution in [0.15, 0.2) is 0 Å². The lowest BCUT2D eigenvalue weighted by molar-refractivity contribution is -0.130. The molecule has 0 aromatic heterocycles. The maximum atomic E-state index is 11.1. The molecule has 1 rings (SSSR count). The van der Waals surface area contributed by atoms with E-state index in [1.807, 2.05) is 11.9 Å². The van der Waals surface area contributed by atoms with Gasteiger partial charge in [0.05, 0.1) is 0 Å². The van der Waals surface area contributed by atoms with Crippen molar-refractivity contribution >= 4 is 5.91 Å². The number of piperidine rings is 1. The van der Waals surface area contributed by atoms with E-state index in [0.29, 0.717) is 5.92 Å². The molecule has 1 amide bonds. The zero-order valence-electron chi connectivity index (χ0n) is 7.97. The number of nitrogens with one attached hydrogen (secondary N) is 1. The summed E-state index contributed by atoms with van der Waals surface area (Å²) >= 11 is 0. The fourth-order valence-electron chi connectivity index (χ4n) is 1.81. The quantitative estimate of drug-likeness (QED) is 0.653. The summed E-state index contributed by atoms with van der Waals surface area (Å²) in [6.45, 7) is 4.58. The molecule has 1 heterocycles. The molecule has 0 aromatic rings. The second-order valence-corrected chi connectivity index (χ2v) is 3.53. The summed E-state index contributed by atoms with van der Waals surface area (Å²) < 4.78 is 0. The fraction of sp³-hybridized carbons (Fsp3) is 0.889. The Hall–Kier alpha value is -0.570. The van der Waals surface area contributed by atoms with Gasteiger partial charge in [0.15, 0.2) is 0 Å². The average Bonchev–Trinajstić information content (AvgIpc) is 2.05. The summed E-state index contributed by atoms with van der Waals surface area (Å²) in [7, 11) is 1.96. The van der Waals surface area contributed by atoms with Crippen LogP contribution in [0.4, 0.5) is 0 Å². The molecule has 0 aliphatic carbocycles. The van der Waals surface area contributed by atoms with Gasteiger partial charge in [-0.15, -0.1) is 0 Å². The molecule has 0 saturated carbocycles. The molecule has 0 radical (unpaired) electrons. The van der Waals surface area contributed by atoms with Crippen molar-refractivity contribution in [3.8, 4) is 0 Å². The second kappa shape index (κ2) is 4.45. The molecule has 3 heteroatoms. The number of amides is 1. The van der Waals surface area contributed by atoms with E-state index in [1.54, 1.807) is 6.92 Å². The smallest absolute Gasteiger partial charge is 0.219 e. The lowest BCUT2D eigenvalue weighted by atomic mass is 9.98. The van der Waals surface area contributed by atoms with Crippen molar-refractivity contribution < 1.29 is 4.79 Å². The van der Waals surface area contributed by atoms with Crippen molar-refractivity contribution in [2.75, 3.05) is 26.7 Å². The third-order valence-corrected chi connectivity index (χ3v) is 2.46. The van der Waals surface area contributed by atoms with Crippen LogP contribution in [0.25, 0.3) is 0 Å². The highest BCUT2D eigenvalue weighted by Crippen LogP contribution is 2.15. The monoisotopic (exact) mass is 170 g/mol. The molecule has 0 bridgehead atoms. The van der Waals surface area contributed by atoms with E-state index in [-0.39, 0.29) is 5.91 Å². The summed E-state index contributed by atoms with van der Waals surface area (Å²) in [6.07, 6.45) is 2.41. The van der Waals surface area contributed by atoms with Crippen molar-refractivity contribution in [2.45, 2.75) is 19.8 Å². The number of carbonyl (C=O) groups is 1. The highest BCUT2D eigenvalue weighted by Gasteiger charge is 2.20. The summed E-state index contributed by atoms with van der Waals surface area (Å²) in [4.78, 5) is 13.0. The number of hydrogen-bond acceptors (Lipinski definition) is 2. The molecule has 70 valence electrons. The van der Waals surface area contributed by atoms with Crippen LogP contribution < -0.4 is 5.32 Å². The van der Waals surface area contributed by atoms with E-state index in [0.717, 1.165) is 26.1 Å².